The molecule has 1 fully saturated rings. The molecule has 0 bridgehead atoms. The SMILES string of the molecule is CCCOc1ccc(C(=O)C2CCNCC2)cc1. The molecule has 1 heterocycles. The lowest BCUT2D eigenvalue weighted by atomic mass is 9.90. The van der Waals surface area contributed by atoms with Gasteiger partial charge >= 0.3 is 0 Å². The number of hydrogen-bond donors (Lipinski definition) is 1. The smallest absolute Gasteiger partial charge is 0.166 e. The number of nitrogens with one attached hydrogen (secondary N) is 1. The number of carbonyl (C=O) groups is 1. The molecule has 3 nitrogen and oxygen atoms in total. The Hall–Kier alpha value is -1.35. The molecule has 0 spiro atoms. The van der Waals surface area contributed by atoms with E-state index in [9.17, 15) is 4.79 Å². The van der Waals surface area contributed by atoms with E-state index in [4.69, 9.17) is 4.74 Å². The van der Waals surface area contributed by atoms with Gasteiger partial charge in [-0.05, 0) is 56.6 Å². The molecular weight excluding hydrogens is 226 g/mol. The van der Waals surface area contributed by atoms with Gasteiger partial charge in [-0.15, -0.1) is 0 Å². The molecule has 0 aromatic heterocycles. The number of rotatable bonds is 5. The van der Waals surface area contributed by atoms with Gasteiger partial charge in [0, 0.05) is 11.5 Å². The van der Waals surface area contributed by atoms with Crippen LogP contribution in [0.5, 0.6) is 5.75 Å². The van der Waals surface area contributed by atoms with Crippen molar-refractivity contribution in [2.75, 3.05) is 19.7 Å². The van der Waals surface area contributed by atoms with Crippen molar-refractivity contribution in [3.63, 3.8) is 0 Å². The molecule has 18 heavy (non-hydrogen) atoms. The summed E-state index contributed by atoms with van der Waals surface area (Å²) >= 11 is 0. The molecule has 1 aromatic carbocycles. The van der Waals surface area contributed by atoms with E-state index in [-0.39, 0.29) is 11.7 Å². The maximum atomic E-state index is 12.3. The zero-order chi connectivity index (χ0) is 12.8. The highest BCUT2D eigenvalue weighted by Crippen LogP contribution is 2.20. The van der Waals surface area contributed by atoms with E-state index in [0.717, 1.165) is 50.3 Å². The first-order valence-corrected chi connectivity index (χ1v) is 6.79. The van der Waals surface area contributed by atoms with Gasteiger partial charge in [0.05, 0.1) is 6.61 Å². The van der Waals surface area contributed by atoms with Crippen LogP contribution in [0, 0.1) is 5.92 Å². The zero-order valence-corrected chi connectivity index (χ0v) is 10.9. The van der Waals surface area contributed by atoms with Crippen molar-refractivity contribution in [1.82, 2.24) is 5.32 Å². The highest BCUT2D eigenvalue weighted by molar-refractivity contribution is 5.98. The van der Waals surface area contributed by atoms with Crippen LogP contribution in [-0.2, 0) is 0 Å². The minimum Gasteiger partial charge on any atom is -0.494 e. The molecule has 3 heteroatoms. The average molecular weight is 247 g/mol. The van der Waals surface area contributed by atoms with Crippen LogP contribution >= 0.6 is 0 Å². The summed E-state index contributed by atoms with van der Waals surface area (Å²) in [5, 5.41) is 3.28. The third kappa shape index (κ3) is 3.33. The number of hydrogen-bond acceptors (Lipinski definition) is 3. The van der Waals surface area contributed by atoms with Crippen molar-refractivity contribution in [3.05, 3.63) is 29.8 Å². The highest BCUT2D eigenvalue weighted by Gasteiger charge is 2.21. The van der Waals surface area contributed by atoms with Gasteiger partial charge in [-0.25, -0.2) is 0 Å². The van der Waals surface area contributed by atoms with Crippen molar-refractivity contribution in [2.45, 2.75) is 26.2 Å². The molecule has 1 aliphatic heterocycles. The predicted octanol–water partition coefficient (Wildman–Crippen LogP) is 2.66. The summed E-state index contributed by atoms with van der Waals surface area (Å²) < 4.78 is 5.51. The third-order valence-electron chi connectivity index (χ3n) is 3.32. The normalized spacial score (nSPS) is 16.5. The second-order valence-electron chi connectivity index (χ2n) is 4.76. The van der Waals surface area contributed by atoms with Gasteiger partial charge in [0.25, 0.3) is 0 Å². The lowest BCUT2D eigenvalue weighted by molar-refractivity contribution is 0.0895. The lowest BCUT2D eigenvalue weighted by Gasteiger charge is -2.21. The Morgan fingerprint density at radius 1 is 1.28 bits per heavy atom. The first-order chi connectivity index (χ1) is 8.81. The summed E-state index contributed by atoms with van der Waals surface area (Å²) in [5.41, 5.74) is 0.811. The van der Waals surface area contributed by atoms with Gasteiger partial charge < -0.3 is 10.1 Å². The molecule has 0 saturated carbocycles. The van der Waals surface area contributed by atoms with E-state index >= 15 is 0 Å². The zero-order valence-electron chi connectivity index (χ0n) is 10.9. The predicted molar refractivity (Wildman–Crippen MR) is 72.2 cm³/mol. The molecule has 1 saturated heterocycles. The van der Waals surface area contributed by atoms with Crippen molar-refractivity contribution < 1.29 is 9.53 Å². The van der Waals surface area contributed by atoms with E-state index in [1.165, 1.54) is 0 Å². The Kier molecular flexibility index (Phi) is 4.76. The van der Waals surface area contributed by atoms with Gasteiger partial charge in [-0.2, -0.15) is 0 Å². The third-order valence-corrected chi connectivity index (χ3v) is 3.32. The fraction of sp³-hybridized carbons (Fsp3) is 0.533. The Bertz CT molecular complexity index is 380. The second-order valence-corrected chi connectivity index (χ2v) is 4.76. The van der Waals surface area contributed by atoms with Crippen LogP contribution in [0.1, 0.15) is 36.5 Å². The number of Topliss-reactive ketones (excluding diaryl/α,β-unsaturated/α-hetero) is 1. The minimum atomic E-state index is 0.189. The average Bonchev–Trinajstić information content (AvgIpc) is 2.46. The first-order valence-electron chi connectivity index (χ1n) is 6.79. The molecule has 0 radical (unpaired) electrons. The first kappa shape index (κ1) is 13.1. The van der Waals surface area contributed by atoms with E-state index in [1.807, 2.05) is 24.3 Å². The van der Waals surface area contributed by atoms with Crippen molar-refractivity contribution in [2.24, 2.45) is 5.92 Å². The van der Waals surface area contributed by atoms with Gasteiger partial charge in [0.15, 0.2) is 5.78 Å². The topological polar surface area (TPSA) is 38.3 Å². The summed E-state index contributed by atoms with van der Waals surface area (Å²) in [6, 6.07) is 7.55. The molecule has 0 unspecified atom stereocenters. The lowest BCUT2D eigenvalue weighted by Crippen LogP contribution is -2.31. The van der Waals surface area contributed by atoms with Crippen molar-refractivity contribution in [3.8, 4) is 5.75 Å². The van der Waals surface area contributed by atoms with Crippen LogP contribution < -0.4 is 10.1 Å². The Morgan fingerprint density at radius 3 is 2.56 bits per heavy atom. The van der Waals surface area contributed by atoms with Crippen LogP contribution in [-0.4, -0.2) is 25.5 Å². The van der Waals surface area contributed by atoms with Crippen molar-refractivity contribution >= 4 is 5.78 Å². The minimum absolute atomic E-state index is 0.189. The van der Waals surface area contributed by atoms with Crippen LogP contribution in [0.25, 0.3) is 0 Å². The standard InChI is InChI=1S/C15H21NO2/c1-2-11-18-14-5-3-12(4-6-14)15(17)13-7-9-16-10-8-13/h3-6,13,16H,2,7-11H2,1H3. The monoisotopic (exact) mass is 247 g/mol. The molecule has 0 amide bonds. The second kappa shape index (κ2) is 6.55. The van der Waals surface area contributed by atoms with E-state index in [0.29, 0.717) is 0 Å². The largest absolute Gasteiger partial charge is 0.494 e. The summed E-state index contributed by atoms with van der Waals surface area (Å²) in [5.74, 6) is 1.31. The van der Waals surface area contributed by atoms with E-state index in [1.54, 1.807) is 0 Å². The summed E-state index contributed by atoms with van der Waals surface area (Å²) in [6.07, 6.45) is 2.90. The van der Waals surface area contributed by atoms with Gasteiger partial charge in [-0.3, -0.25) is 4.79 Å². The number of carbonyl (C=O) groups excluding carboxylic acids is 1. The maximum Gasteiger partial charge on any atom is 0.166 e. The van der Waals surface area contributed by atoms with Crippen LogP contribution in [0.4, 0.5) is 0 Å². The Labute approximate surface area is 109 Å². The van der Waals surface area contributed by atoms with Crippen molar-refractivity contribution in [1.29, 1.82) is 0 Å². The number of ketones is 1. The highest BCUT2D eigenvalue weighted by atomic mass is 16.5. The number of benzene rings is 1. The summed E-state index contributed by atoms with van der Waals surface area (Å²) in [6.45, 7) is 4.71. The van der Waals surface area contributed by atoms with Gasteiger partial charge in [0.1, 0.15) is 5.75 Å². The van der Waals surface area contributed by atoms with Crippen LogP contribution in [0.15, 0.2) is 24.3 Å². The van der Waals surface area contributed by atoms with Crippen LogP contribution in [0.2, 0.25) is 0 Å². The molecule has 0 aliphatic carbocycles. The Balaban J connectivity index is 1.97. The maximum absolute atomic E-state index is 12.3. The number of piperidine rings is 1. The fourth-order valence-corrected chi connectivity index (χ4v) is 2.26. The molecule has 1 aromatic rings. The molecule has 1 aliphatic rings. The molecule has 98 valence electrons. The van der Waals surface area contributed by atoms with Gasteiger partial charge in [-0.1, -0.05) is 6.92 Å². The molecule has 1 N–H and O–H groups in total. The van der Waals surface area contributed by atoms with Crippen LogP contribution in [0.3, 0.4) is 0 Å². The molecule has 0 atom stereocenters. The Morgan fingerprint density at radius 2 is 1.94 bits per heavy atom. The van der Waals surface area contributed by atoms with E-state index < -0.39 is 0 Å². The quantitative estimate of drug-likeness (QED) is 0.813. The summed E-state index contributed by atoms with van der Waals surface area (Å²) in [7, 11) is 0. The fourth-order valence-electron chi connectivity index (χ4n) is 2.26. The number of ether oxygens (including phenoxy) is 1. The van der Waals surface area contributed by atoms with E-state index in [2.05, 4.69) is 12.2 Å². The summed E-state index contributed by atoms with van der Waals surface area (Å²) in [4.78, 5) is 12.3. The molecular formula is C15H21NO2. The van der Waals surface area contributed by atoms with Gasteiger partial charge in [0.2, 0.25) is 0 Å². The molecule has 2 rings (SSSR count).